The van der Waals surface area contributed by atoms with Crippen molar-refractivity contribution in [1.82, 2.24) is 14.8 Å². The molecule has 0 atom stereocenters. The summed E-state index contributed by atoms with van der Waals surface area (Å²) in [6.45, 7) is 6.48. The first-order valence-corrected chi connectivity index (χ1v) is 10.5. The normalized spacial score (nSPS) is 10.8. The van der Waals surface area contributed by atoms with Crippen LogP contribution in [0.1, 0.15) is 29.4 Å². The SMILES string of the molecule is CCc1ccc(NC(=O)CSc2nnc(COc3cc(C)ccc3C)n2C)cc1. The molecule has 1 N–H and O–H groups in total. The summed E-state index contributed by atoms with van der Waals surface area (Å²) in [6.07, 6.45) is 0.978. The number of ether oxygens (including phenoxy) is 1. The number of hydrogen-bond acceptors (Lipinski definition) is 5. The second-order valence-corrected chi connectivity index (χ2v) is 7.85. The van der Waals surface area contributed by atoms with Crippen LogP contribution in [0.2, 0.25) is 0 Å². The van der Waals surface area contributed by atoms with E-state index < -0.39 is 0 Å². The average Bonchev–Trinajstić information content (AvgIpc) is 3.07. The van der Waals surface area contributed by atoms with Crippen LogP contribution in [0.25, 0.3) is 0 Å². The van der Waals surface area contributed by atoms with Crippen LogP contribution < -0.4 is 10.1 Å². The van der Waals surface area contributed by atoms with Crippen LogP contribution in [0.3, 0.4) is 0 Å². The van der Waals surface area contributed by atoms with Crippen LogP contribution in [0.15, 0.2) is 47.6 Å². The van der Waals surface area contributed by atoms with E-state index in [2.05, 4.69) is 28.5 Å². The maximum atomic E-state index is 12.2. The van der Waals surface area contributed by atoms with Crippen LogP contribution in [0.5, 0.6) is 5.75 Å². The molecule has 1 amide bonds. The van der Waals surface area contributed by atoms with Crippen LogP contribution >= 0.6 is 11.8 Å². The second kappa shape index (κ2) is 9.60. The van der Waals surface area contributed by atoms with Gasteiger partial charge in [0.2, 0.25) is 5.91 Å². The third kappa shape index (κ3) is 5.60. The van der Waals surface area contributed by atoms with E-state index in [1.807, 2.05) is 61.9 Å². The van der Waals surface area contributed by atoms with Gasteiger partial charge >= 0.3 is 0 Å². The van der Waals surface area contributed by atoms with Crippen molar-refractivity contribution in [3.05, 3.63) is 65.0 Å². The van der Waals surface area contributed by atoms with E-state index in [1.165, 1.54) is 17.3 Å². The Bertz CT molecular complexity index is 983. The third-order valence-corrected chi connectivity index (χ3v) is 5.62. The van der Waals surface area contributed by atoms with Gasteiger partial charge in [-0.25, -0.2) is 0 Å². The van der Waals surface area contributed by atoms with Crippen molar-refractivity contribution >= 4 is 23.4 Å². The summed E-state index contributed by atoms with van der Waals surface area (Å²) in [5.41, 5.74) is 4.27. The lowest BCUT2D eigenvalue weighted by Crippen LogP contribution is -2.14. The van der Waals surface area contributed by atoms with E-state index in [4.69, 9.17) is 4.74 Å². The molecule has 3 rings (SSSR count). The Morgan fingerprint density at radius 1 is 1.14 bits per heavy atom. The summed E-state index contributed by atoms with van der Waals surface area (Å²) in [5, 5.41) is 12.0. The molecule has 3 aromatic rings. The number of thioether (sulfide) groups is 1. The minimum absolute atomic E-state index is 0.0737. The molecule has 0 unspecified atom stereocenters. The smallest absolute Gasteiger partial charge is 0.234 e. The van der Waals surface area contributed by atoms with Crippen LogP contribution in [0.4, 0.5) is 5.69 Å². The van der Waals surface area contributed by atoms with Crippen molar-refractivity contribution in [2.75, 3.05) is 11.1 Å². The summed E-state index contributed by atoms with van der Waals surface area (Å²) in [6, 6.07) is 14.0. The van der Waals surface area contributed by atoms with E-state index >= 15 is 0 Å². The largest absolute Gasteiger partial charge is 0.485 e. The van der Waals surface area contributed by atoms with Gasteiger partial charge in [0.15, 0.2) is 11.0 Å². The van der Waals surface area contributed by atoms with Crippen LogP contribution in [-0.4, -0.2) is 26.4 Å². The van der Waals surface area contributed by atoms with Gasteiger partial charge in [0.1, 0.15) is 12.4 Å². The van der Waals surface area contributed by atoms with Gasteiger partial charge in [0, 0.05) is 12.7 Å². The minimum Gasteiger partial charge on any atom is -0.485 e. The number of aryl methyl sites for hydroxylation is 3. The van der Waals surface area contributed by atoms with E-state index in [0.717, 1.165) is 29.0 Å². The minimum atomic E-state index is -0.0737. The standard InChI is InChI=1S/C22H26N4O2S/c1-5-17-8-10-18(11-9-17)23-21(27)14-29-22-25-24-20(26(22)4)13-28-19-12-15(2)6-7-16(19)3/h6-12H,5,13-14H2,1-4H3,(H,23,27). The van der Waals surface area contributed by atoms with Gasteiger partial charge in [-0.3, -0.25) is 4.79 Å². The maximum Gasteiger partial charge on any atom is 0.234 e. The second-order valence-electron chi connectivity index (χ2n) is 6.90. The van der Waals surface area contributed by atoms with Crippen molar-refractivity contribution in [2.24, 2.45) is 7.05 Å². The summed E-state index contributed by atoms with van der Waals surface area (Å²) in [5.74, 6) is 1.74. The zero-order valence-corrected chi connectivity index (χ0v) is 18.0. The number of hydrogen-bond donors (Lipinski definition) is 1. The van der Waals surface area contributed by atoms with Gasteiger partial charge < -0.3 is 14.6 Å². The monoisotopic (exact) mass is 410 g/mol. The first-order chi connectivity index (χ1) is 14.0. The fourth-order valence-corrected chi connectivity index (χ4v) is 3.48. The lowest BCUT2D eigenvalue weighted by Gasteiger charge is -2.10. The molecule has 0 fully saturated rings. The third-order valence-electron chi connectivity index (χ3n) is 4.60. The highest BCUT2D eigenvalue weighted by Crippen LogP contribution is 2.21. The Kier molecular flexibility index (Phi) is 6.93. The molecule has 0 spiro atoms. The first kappa shape index (κ1) is 20.9. The van der Waals surface area contributed by atoms with Crippen molar-refractivity contribution in [2.45, 2.75) is 39.0 Å². The number of nitrogens with zero attached hydrogens (tertiary/aromatic N) is 3. The number of carbonyl (C=O) groups is 1. The fourth-order valence-electron chi connectivity index (χ4n) is 2.75. The molecule has 0 saturated carbocycles. The predicted octanol–water partition coefficient (Wildman–Crippen LogP) is 4.30. The molecule has 0 saturated heterocycles. The molecule has 0 aliphatic heterocycles. The molecule has 6 nitrogen and oxygen atoms in total. The average molecular weight is 411 g/mol. The Hall–Kier alpha value is -2.80. The van der Waals surface area contributed by atoms with Crippen LogP contribution in [0, 0.1) is 13.8 Å². The van der Waals surface area contributed by atoms with Gasteiger partial charge in [-0.15, -0.1) is 10.2 Å². The summed E-state index contributed by atoms with van der Waals surface area (Å²) >= 11 is 1.35. The number of amides is 1. The predicted molar refractivity (Wildman–Crippen MR) is 116 cm³/mol. The summed E-state index contributed by atoms with van der Waals surface area (Å²) in [4.78, 5) is 12.2. The molecule has 29 heavy (non-hydrogen) atoms. The molecular weight excluding hydrogens is 384 g/mol. The van der Waals surface area contributed by atoms with E-state index in [9.17, 15) is 4.79 Å². The molecule has 1 heterocycles. The number of nitrogens with one attached hydrogen (secondary N) is 1. The molecule has 152 valence electrons. The highest BCUT2D eigenvalue weighted by Gasteiger charge is 2.13. The number of benzene rings is 2. The first-order valence-electron chi connectivity index (χ1n) is 9.56. The Morgan fingerprint density at radius 3 is 2.62 bits per heavy atom. The number of rotatable bonds is 8. The van der Waals surface area contributed by atoms with E-state index in [1.54, 1.807) is 0 Å². The van der Waals surface area contributed by atoms with Crippen molar-refractivity contribution < 1.29 is 9.53 Å². The van der Waals surface area contributed by atoms with Gasteiger partial charge in [0.05, 0.1) is 5.75 Å². The zero-order chi connectivity index (χ0) is 20.8. The molecule has 0 radical (unpaired) electrons. The topological polar surface area (TPSA) is 69.0 Å². The fraction of sp³-hybridized carbons (Fsp3) is 0.318. The van der Waals surface area contributed by atoms with Gasteiger partial charge in [0.25, 0.3) is 0 Å². The van der Waals surface area contributed by atoms with E-state index in [0.29, 0.717) is 17.6 Å². The van der Waals surface area contributed by atoms with Crippen LogP contribution in [-0.2, 0) is 24.9 Å². The summed E-state index contributed by atoms with van der Waals surface area (Å²) < 4.78 is 7.77. The van der Waals surface area contributed by atoms with Gasteiger partial charge in [-0.05, 0) is 55.2 Å². The zero-order valence-electron chi connectivity index (χ0n) is 17.2. The summed E-state index contributed by atoms with van der Waals surface area (Å²) in [7, 11) is 1.88. The quantitative estimate of drug-likeness (QED) is 0.561. The molecule has 0 aliphatic carbocycles. The molecule has 0 aliphatic rings. The van der Waals surface area contributed by atoms with E-state index in [-0.39, 0.29) is 11.7 Å². The highest BCUT2D eigenvalue weighted by molar-refractivity contribution is 7.99. The Labute approximate surface area is 175 Å². The molecule has 0 bridgehead atoms. The number of aromatic nitrogens is 3. The van der Waals surface area contributed by atoms with Gasteiger partial charge in [-0.1, -0.05) is 43.0 Å². The van der Waals surface area contributed by atoms with Gasteiger partial charge in [-0.2, -0.15) is 0 Å². The Balaban J connectivity index is 1.53. The maximum absolute atomic E-state index is 12.2. The lowest BCUT2D eigenvalue weighted by atomic mass is 10.1. The lowest BCUT2D eigenvalue weighted by molar-refractivity contribution is -0.113. The number of carbonyl (C=O) groups excluding carboxylic acids is 1. The van der Waals surface area contributed by atoms with Crippen molar-refractivity contribution in [3.8, 4) is 5.75 Å². The number of anilines is 1. The highest BCUT2D eigenvalue weighted by atomic mass is 32.2. The Morgan fingerprint density at radius 2 is 1.90 bits per heavy atom. The van der Waals surface area contributed by atoms with Crippen molar-refractivity contribution in [3.63, 3.8) is 0 Å². The molecule has 2 aromatic carbocycles. The molecule has 7 heteroatoms. The van der Waals surface area contributed by atoms with Crippen molar-refractivity contribution in [1.29, 1.82) is 0 Å². The molecular formula is C22H26N4O2S. The molecule has 1 aromatic heterocycles.